The lowest BCUT2D eigenvalue weighted by Gasteiger charge is -2.28. The summed E-state index contributed by atoms with van der Waals surface area (Å²) in [7, 11) is -3.64. The Labute approximate surface area is 131 Å². The summed E-state index contributed by atoms with van der Waals surface area (Å²) in [6.45, 7) is 3.57. The highest BCUT2D eigenvalue weighted by molar-refractivity contribution is 7.89. The zero-order valence-corrected chi connectivity index (χ0v) is 14.0. The normalized spacial score (nSPS) is 16.8. The first-order chi connectivity index (χ1) is 9.87. The fourth-order valence-electron chi connectivity index (χ4n) is 3.20. The Morgan fingerprint density at radius 1 is 1.24 bits per heavy atom. The number of benzene rings is 1. The van der Waals surface area contributed by atoms with Crippen LogP contribution in [-0.4, -0.2) is 31.2 Å². The van der Waals surface area contributed by atoms with Gasteiger partial charge in [0.05, 0.1) is 4.90 Å². The number of alkyl halides is 1. The van der Waals surface area contributed by atoms with E-state index >= 15 is 0 Å². The van der Waals surface area contributed by atoms with Gasteiger partial charge < -0.3 is 0 Å². The molecule has 1 aromatic rings. The minimum absolute atomic E-state index is 0.0117. The number of halogens is 2. The predicted octanol–water partition coefficient (Wildman–Crippen LogP) is 3.61. The summed E-state index contributed by atoms with van der Waals surface area (Å²) in [4.78, 5) is 0.223. The Balaban J connectivity index is 2.48. The first kappa shape index (κ1) is 16.7. The van der Waals surface area contributed by atoms with Gasteiger partial charge in [-0.1, -0.05) is 12.8 Å². The van der Waals surface area contributed by atoms with E-state index in [-0.39, 0.29) is 16.8 Å². The molecule has 1 saturated carbocycles. The molecule has 3 nitrogen and oxygen atoms in total. The Kier molecular flexibility index (Phi) is 5.28. The molecule has 0 unspecified atom stereocenters. The third-order valence-electron chi connectivity index (χ3n) is 4.03. The van der Waals surface area contributed by atoms with Gasteiger partial charge in [0.25, 0.3) is 0 Å². The molecule has 0 aromatic heterocycles. The Morgan fingerprint density at radius 3 is 2.24 bits per heavy atom. The lowest BCUT2D eigenvalue weighted by molar-refractivity contribution is 0.336. The van der Waals surface area contributed by atoms with E-state index in [2.05, 4.69) is 0 Å². The van der Waals surface area contributed by atoms with Crippen LogP contribution in [0.3, 0.4) is 0 Å². The second kappa shape index (κ2) is 6.63. The van der Waals surface area contributed by atoms with Crippen LogP contribution < -0.4 is 0 Å². The molecule has 2 rings (SSSR count). The third kappa shape index (κ3) is 3.41. The molecular formula is C15H21ClFNO2S. The molecule has 0 atom stereocenters. The van der Waals surface area contributed by atoms with Crippen molar-refractivity contribution in [2.24, 2.45) is 0 Å². The molecular weight excluding hydrogens is 313 g/mol. The first-order valence-electron chi connectivity index (χ1n) is 7.22. The van der Waals surface area contributed by atoms with Gasteiger partial charge in [-0.15, -0.1) is 11.6 Å². The van der Waals surface area contributed by atoms with Crippen LogP contribution in [0.2, 0.25) is 0 Å². The third-order valence-corrected chi connectivity index (χ3v) is 6.46. The lowest BCUT2D eigenvalue weighted by Crippen LogP contribution is -2.40. The summed E-state index contributed by atoms with van der Waals surface area (Å²) in [5.74, 6) is -0.150. The van der Waals surface area contributed by atoms with Crippen LogP contribution in [0.1, 0.15) is 36.8 Å². The molecule has 118 valence electrons. The summed E-state index contributed by atoms with van der Waals surface area (Å²) in [5, 5.41) is 0. The topological polar surface area (TPSA) is 37.4 Å². The highest BCUT2D eigenvalue weighted by Gasteiger charge is 2.34. The average Bonchev–Trinajstić information content (AvgIpc) is 2.87. The molecule has 1 aliphatic carbocycles. The van der Waals surface area contributed by atoms with Gasteiger partial charge in [-0.2, -0.15) is 4.31 Å². The summed E-state index contributed by atoms with van der Waals surface area (Å²) in [6.07, 6.45) is 3.82. The first-order valence-corrected chi connectivity index (χ1v) is 9.20. The zero-order valence-electron chi connectivity index (χ0n) is 12.4. The summed E-state index contributed by atoms with van der Waals surface area (Å²) in [6, 6.07) is 2.55. The van der Waals surface area contributed by atoms with Crippen molar-refractivity contribution in [3.05, 3.63) is 29.1 Å². The number of rotatable bonds is 5. The van der Waals surface area contributed by atoms with E-state index in [4.69, 9.17) is 11.6 Å². The molecule has 0 spiro atoms. The Bertz CT molecular complexity index is 589. The highest BCUT2D eigenvalue weighted by Crippen LogP contribution is 2.31. The smallest absolute Gasteiger partial charge is 0.207 e. The van der Waals surface area contributed by atoms with Crippen molar-refractivity contribution in [2.75, 3.05) is 12.4 Å². The predicted molar refractivity (Wildman–Crippen MR) is 82.7 cm³/mol. The van der Waals surface area contributed by atoms with Crippen molar-refractivity contribution in [1.29, 1.82) is 0 Å². The quantitative estimate of drug-likeness (QED) is 0.772. The van der Waals surface area contributed by atoms with Gasteiger partial charge in [-0.05, 0) is 49.9 Å². The van der Waals surface area contributed by atoms with E-state index in [1.54, 1.807) is 13.8 Å². The fourth-order valence-corrected chi connectivity index (χ4v) is 5.58. The average molecular weight is 334 g/mol. The number of nitrogens with zero attached hydrogens (tertiary/aromatic N) is 1. The molecule has 1 aromatic carbocycles. The van der Waals surface area contributed by atoms with Gasteiger partial charge in [-0.3, -0.25) is 0 Å². The molecule has 0 saturated heterocycles. The van der Waals surface area contributed by atoms with E-state index < -0.39 is 15.8 Å². The lowest BCUT2D eigenvalue weighted by atomic mass is 10.1. The van der Waals surface area contributed by atoms with Crippen LogP contribution in [0.5, 0.6) is 0 Å². The maximum absolute atomic E-state index is 13.4. The van der Waals surface area contributed by atoms with Crippen molar-refractivity contribution >= 4 is 21.6 Å². The van der Waals surface area contributed by atoms with E-state index in [1.807, 2.05) is 0 Å². The number of hydrogen-bond donors (Lipinski definition) is 0. The standard InChI is InChI=1S/C15H21ClFNO2S/c1-11-9-13(17)10-12(2)15(11)21(19,20)18(8-7-16)14-5-3-4-6-14/h9-10,14H,3-8H2,1-2H3. The van der Waals surface area contributed by atoms with Crippen molar-refractivity contribution in [3.63, 3.8) is 0 Å². The SMILES string of the molecule is Cc1cc(F)cc(C)c1S(=O)(=O)N(CCCl)C1CCCC1. The van der Waals surface area contributed by atoms with Gasteiger partial charge >= 0.3 is 0 Å². The van der Waals surface area contributed by atoms with Crippen LogP contribution in [0.15, 0.2) is 17.0 Å². The Morgan fingerprint density at radius 2 is 1.76 bits per heavy atom. The van der Waals surface area contributed by atoms with Crippen LogP contribution in [0.4, 0.5) is 4.39 Å². The molecule has 0 bridgehead atoms. The van der Waals surface area contributed by atoms with Crippen molar-refractivity contribution in [2.45, 2.75) is 50.5 Å². The fraction of sp³-hybridized carbons (Fsp3) is 0.600. The van der Waals surface area contributed by atoms with E-state index in [9.17, 15) is 12.8 Å². The van der Waals surface area contributed by atoms with Gasteiger partial charge in [0.1, 0.15) is 5.82 Å². The van der Waals surface area contributed by atoms with Crippen LogP contribution >= 0.6 is 11.6 Å². The zero-order chi connectivity index (χ0) is 15.6. The summed E-state index contributed by atoms with van der Waals surface area (Å²) >= 11 is 5.81. The second-order valence-corrected chi connectivity index (χ2v) is 7.82. The molecule has 0 N–H and O–H groups in total. The molecule has 6 heteroatoms. The monoisotopic (exact) mass is 333 g/mol. The maximum atomic E-state index is 13.4. The minimum atomic E-state index is -3.64. The van der Waals surface area contributed by atoms with Crippen LogP contribution in [0.25, 0.3) is 0 Å². The van der Waals surface area contributed by atoms with Crippen molar-refractivity contribution in [3.8, 4) is 0 Å². The van der Waals surface area contributed by atoms with Gasteiger partial charge in [0.2, 0.25) is 10.0 Å². The Hall–Kier alpha value is -0.650. The maximum Gasteiger partial charge on any atom is 0.243 e. The van der Waals surface area contributed by atoms with Gasteiger partial charge in [-0.25, -0.2) is 12.8 Å². The van der Waals surface area contributed by atoms with Crippen molar-refractivity contribution in [1.82, 2.24) is 4.31 Å². The molecule has 0 radical (unpaired) electrons. The van der Waals surface area contributed by atoms with E-state index in [0.29, 0.717) is 17.7 Å². The molecule has 0 amide bonds. The second-order valence-electron chi connectivity index (χ2n) is 5.61. The van der Waals surface area contributed by atoms with Crippen molar-refractivity contribution < 1.29 is 12.8 Å². The number of aryl methyl sites for hydroxylation is 2. The number of hydrogen-bond acceptors (Lipinski definition) is 2. The largest absolute Gasteiger partial charge is 0.243 e. The van der Waals surface area contributed by atoms with E-state index in [1.165, 1.54) is 16.4 Å². The number of sulfonamides is 1. The molecule has 0 aliphatic heterocycles. The van der Waals surface area contributed by atoms with E-state index in [0.717, 1.165) is 25.7 Å². The molecule has 21 heavy (non-hydrogen) atoms. The van der Waals surface area contributed by atoms with Gasteiger partial charge in [0, 0.05) is 18.5 Å². The molecule has 1 fully saturated rings. The highest BCUT2D eigenvalue weighted by atomic mass is 35.5. The minimum Gasteiger partial charge on any atom is -0.207 e. The summed E-state index contributed by atoms with van der Waals surface area (Å²) in [5.41, 5.74) is 0.898. The van der Waals surface area contributed by atoms with Gasteiger partial charge in [0.15, 0.2) is 0 Å². The van der Waals surface area contributed by atoms with Crippen LogP contribution in [-0.2, 0) is 10.0 Å². The molecule has 1 aliphatic rings. The summed E-state index contributed by atoms with van der Waals surface area (Å²) < 4.78 is 40.9. The molecule has 0 heterocycles. The van der Waals surface area contributed by atoms with Crippen LogP contribution in [0, 0.1) is 19.7 Å².